The molecule has 0 aliphatic carbocycles. The van der Waals surface area contributed by atoms with E-state index in [9.17, 15) is 0 Å². The normalized spacial score (nSPS) is 9.42. The maximum Gasteiger partial charge on any atom is 0.101 e. The molecule has 19 heavy (non-hydrogen) atoms. The monoisotopic (exact) mass is 248 g/mol. The molecule has 4 nitrogen and oxygen atoms in total. The fraction of sp³-hybridized carbons (Fsp3) is 0.0667. The number of para-hydroxylation sites is 2. The molecule has 0 bridgehead atoms. The van der Waals surface area contributed by atoms with Gasteiger partial charge in [-0.1, -0.05) is 18.2 Å². The van der Waals surface area contributed by atoms with Gasteiger partial charge < -0.3 is 10.6 Å². The summed E-state index contributed by atoms with van der Waals surface area (Å²) in [7, 11) is 1.82. The maximum absolute atomic E-state index is 9.12. The highest BCUT2D eigenvalue weighted by atomic mass is 15.1. The minimum absolute atomic E-state index is 0.417. The van der Waals surface area contributed by atoms with Crippen LogP contribution in [0.4, 0.5) is 17.1 Å². The van der Waals surface area contributed by atoms with Gasteiger partial charge in [-0.25, -0.2) is 0 Å². The quantitative estimate of drug-likeness (QED) is 0.829. The zero-order chi connectivity index (χ0) is 13.8. The summed E-state index contributed by atoms with van der Waals surface area (Å²) in [6, 6.07) is 16.7. The highest BCUT2D eigenvalue weighted by Crippen LogP contribution is 2.32. The second-order valence-corrected chi connectivity index (χ2v) is 4.04. The summed E-state index contributed by atoms with van der Waals surface area (Å²) in [6.45, 7) is 0. The van der Waals surface area contributed by atoms with Gasteiger partial charge in [0.05, 0.1) is 28.2 Å². The minimum atomic E-state index is 0.417. The minimum Gasteiger partial charge on any atom is -0.396 e. The van der Waals surface area contributed by atoms with E-state index in [0.29, 0.717) is 22.5 Å². The summed E-state index contributed by atoms with van der Waals surface area (Å²) < 4.78 is 0. The Kier molecular flexibility index (Phi) is 3.36. The molecule has 0 fully saturated rings. The van der Waals surface area contributed by atoms with Crippen LogP contribution in [-0.2, 0) is 0 Å². The molecule has 0 aliphatic heterocycles. The number of hydrogen-bond donors (Lipinski definition) is 1. The van der Waals surface area contributed by atoms with Gasteiger partial charge in [0.2, 0.25) is 0 Å². The van der Waals surface area contributed by atoms with E-state index in [1.54, 1.807) is 18.2 Å². The number of anilines is 3. The van der Waals surface area contributed by atoms with E-state index in [1.165, 1.54) is 0 Å². The van der Waals surface area contributed by atoms with E-state index in [-0.39, 0.29) is 0 Å². The third-order valence-electron chi connectivity index (χ3n) is 2.95. The molecule has 0 atom stereocenters. The molecule has 2 aromatic carbocycles. The SMILES string of the molecule is CN(c1ccccc1C#N)c1cccc(C#N)c1N. The van der Waals surface area contributed by atoms with Crippen LogP contribution in [-0.4, -0.2) is 7.05 Å². The highest BCUT2D eigenvalue weighted by molar-refractivity contribution is 5.80. The molecule has 0 saturated heterocycles. The van der Waals surface area contributed by atoms with Gasteiger partial charge in [-0.15, -0.1) is 0 Å². The first kappa shape index (κ1) is 12.5. The summed E-state index contributed by atoms with van der Waals surface area (Å²) in [4.78, 5) is 1.81. The number of nitrogens with zero attached hydrogens (tertiary/aromatic N) is 3. The summed E-state index contributed by atoms with van der Waals surface area (Å²) in [5, 5.41) is 18.1. The summed E-state index contributed by atoms with van der Waals surface area (Å²) in [5.41, 5.74) is 8.85. The largest absolute Gasteiger partial charge is 0.396 e. The Hall–Kier alpha value is -2.98. The van der Waals surface area contributed by atoms with Crippen molar-refractivity contribution in [3.05, 3.63) is 53.6 Å². The van der Waals surface area contributed by atoms with Crippen LogP contribution in [0, 0.1) is 22.7 Å². The highest BCUT2D eigenvalue weighted by Gasteiger charge is 2.13. The second-order valence-electron chi connectivity index (χ2n) is 4.04. The summed E-state index contributed by atoms with van der Waals surface area (Å²) in [6.07, 6.45) is 0. The number of nitrogen functional groups attached to an aromatic ring is 1. The first-order valence-corrected chi connectivity index (χ1v) is 5.70. The van der Waals surface area contributed by atoms with Crippen molar-refractivity contribution < 1.29 is 0 Å². The Morgan fingerprint density at radius 2 is 1.47 bits per heavy atom. The van der Waals surface area contributed by atoms with Crippen molar-refractivity contribution in [1.29, 1.82) is 10.5 Å². The van der Waals surface area contributed by atoms with E-state index in [1.807, 2.05) is 36.2 Å². The Bertz CT molecular complexity index is 692. The number of nitriles is 2. The summed E-state index contributed by atoms with van der Waals surface area (Å²) in [5.74, 6) is 0. The van der Waals surface area contributed by atoms with E-state index in [0.717, 1.165) is 5.69 Å². The number of hydrogen-bond acceptors (Lipinski definition) is 4. The third kappa shape index (κ3) is 2.20. The van der Waals surface area contributed by atoms with E-state index >= 15 is 0 Å². The van der Waals surface area contributed by atoms with Crippen LogP contribution >= 0.6 is 0 Å². The maximum atomic E-state index is 9.12. The Morgan fingerprint density at radius 3 is 2.16 bits per heavy atom. The average Bonchev–Trinajstić information content (AvgIpc) is 2.46. The molecule has 0 aromatic heterocycles. The van der Waals surface area contributed by atoms with Gasteiger partial charge in [-0.3, -0.25) is 0 Å². The van der Waals surface area contributed by atoms with Crippen LogP contribution in [0.1, 0.15) is 11.1 Å². The lowest BCUT2D eigenvalue weighted by Gasteiger charge is -2.22. The van der Waals surface area contributed by atoms with Gasteiger partial charge in [0.1, 0.15) is 12.1 Å². The third-order valence-corrected chi connectivity index (χ3v) is 2.95. The predicted octanol–water partition coefficient (Wildman–Crippen LogP) is 2.78. The van der Waals surface area contributed by atoms with Crippen molar-refractivity contribution in [1.82, 2.24) is 0 Å². The molecule has 92 valence electrons. The first-order chi connectivity index (χ1) is 9.19. The molecule has 0 aliphatic rings. The van der Waals surface area contributed by atoms with Crippen molar-refractivity contribution in [3.8, 4) is 12.1 Å². The van der Waals surface area contributed by atoms with E-state index < -0.39 is 0 Å². The first-order valence-electron chi connectivity index (χ1n) is 5.70. The van der Waals surface area contributed by atoms with Crippen LogP contribution < -0.4 is 10.6 Å². The molecule has 4 heteroatoms. The smallest absolute Gasteiger partial charge is 0.101 e. The summed E-state index contributed by atoms with van der Waals surface area (Å²) >= 11 is 0. The van der Waals surface area contributed by atoms with Gasteiger partial charge in [0, 0.05) is 7.05 Å². The van der Waals surface area contributed by atoms with E-state index in [4.69, 9.17) is 16.3 Å². The molecule has 2 aromatic rings. The standard InChI is InChI=1S/C15H12N4/c1-19(13-7-3-2-5-11(13)9-16)14-8-4-6-12(10-17)15(14)18/h2-8H,18H2,1H3. The van der Waals surface area contributed by atoms with Crippen LogP contribution in [0.3, 0.4) is 0 Å². The van der Waals surface area contributed by atoms with Gasteiger partial charge in [-0.2, -0.15) is 10.5 Å². The van der Waals surface area contributed by atoms with Crippen LogP contribution in [0.25, 0.3) is 0 Å². The molecule has 0 unspecified atom stereocenters. The van der Waals surface area contributed by atoms with Crippen molar-refractivity contribution >= 4 is 17.1 Å². The lowest BCUT2D eigenvalue weighted by atomic mass is 10.1. The van der Waals surface area contributed by atoms with E-state index in [2.05, 4.69) is 12.1 Å². The lowest BCUT2D eigenvalue weighted by molar-refractivity contribution is 1.20. The molecule has 0 amide bonds. The molecule has 0 radical (unpaired) electrons. The van der Waals surface area contributed by atoms with Gasteiger partial charge in [0.15, 0.2) is 0 Å². The Morgan fingerprint density at radius 1 is 0.895 bits per heavy atom. The second kappa shape index (κ2) is 5.12. The molecule has 0 heterocycles. The van der Waals surface area contributed by atoms with Crippen molar-refractivity contribution in [2.75, 3.05) is 17.7 Å². The number of rotatable bonds is 2. The Labute approximate surface area is 111 Å². The van der Waals surface area contributed by atoms with Crippen molar-refractivity contribution in [2.45, 2.75) is 0 Å². The molecule has 0 spiro atoms. The average molecular weight is 248 g/mol. The van der Waals surface area contributed by atoms with Crippen LogP contribution in [0.15, 0.2) is 42.5 Å². The van der Waals surface area contributed by atoms with Gasteiger partial charge >= 0.3 is 0 Å². The fourth-order valence-corrected chi connectivity index (χ4v) is 1.93. The van der Waals surface area contributed by atoms with Crippen molar-refractivity contribution in [2.24, 2.45) is 0 Å². The van der Waals surface area contributed by atoms with Gasteiger partial charge in [-0.05, 0) is 24.3 Å². The fourth-order valence-electron chi connectivity index (χ4n) is 1.93. The molecule has 2 N–H and O–H groups in total. The Balaban J connectivity index is 2.55. The predicted molar refractivity (Wildman–Crippen MR) is 74.8 cm³/mol. The molecule has 0 saturated carbocycles. The lowest BCUT2D eigenvalue weighted by Crippen LogP contribution is -2.13. The molecule has 2 rings (SSSR count). The van der Waals surface area contributed by atoms with Gasteiger partial charge in [0.25, 0.3) is 0 Å². The zero-order valence-corrected chi connectivity index (χ0v) is 10.5. The zero-order valence-electron chi connectivity index (χ0n) is 10.5. The number of nitrogens with two attached hydrogens (primary N) is 1. The molecular formula is C15H12N4. The van der Waals surface area contributed by atoms with Crippen molar-refractivity contribution in [3.63, 3.8) is 0 Å². The molecular weight excluding hydrogens is 236 g/mol. The number of benzene rings is 2. The van der Waals surface area contributed by atoms with Crippen LogP contribution in [0.2, 0.25) is 0 Å². The topological polar surface area (TPSA) is 76.8 Å². The van der Waals surface area contributed by atoms with Crippen LogP contribution in [0.5, 0.6) is 0 Å².